The topological polar surface area (TPSA) is 109 Å². The van der Waals surface area contributed by atoms with Crippen LogP contribution in [0.3, 0.4) is 0 Å². The first-order valence-electron chi connectivity index (χ1n) is 14.5. The molecule has 1 aliphatic heterocycles. The first-order chi connectivity index (χ1) is 19.3. The van der Waals surface area contributed by atoms with Crippen molar-refractivity contribution in [3.8, 4) is 5.75 Å². The van der Waals surface area contributed by atoms with E-state index in [0.29, 0.717) is 36.0 Å². The van der Waals surface area contributed by atoms with Crippen LogP contribution in [-0.4, -0.2) is 67.0 Å². The first-order valence-corrected chi connectivity index (χ1v) is 15.5. The maximum absolute atomic E-state index is 13.0. The van der Waals surface area contributed by atoms with Gasteiger partial charge in [-0.2, -0.15) is 0 Å². The van der Waals surface area contributed by atoms with Crippen LogP contribution in [0.4, 0.5) is 0 Å². The van der Waals surface area contributed by atoms with Crippen molar-refractivity contribution < 1.29 is 37.9 Å². The number of hydrogen-bond acceptors (Lipinski definition) is 9. The molecule has 1 heterocycles. The van der Waals surface area contributed by atoms with Gasteiger partial charge in [0.15, 0.2) is 0 Å². The molecule has 2 bridgehead atoms. The molecule has 1 saturated heterocycles. The Morgan fingerprint density at radius 2 is 1.90 bits per heavy atom. The van der Waals surface area contributed by atoms with E-state index < -0.39 is 42.1 Å². The third kappa shape index (κ3) is 6.13. The van der Waals surface area contributed by atoms with Crippen molar-refractivity contribution in [1.29, 1.82) is 0 Å². The van der Waals surface area contributed by atoms with Crippen LogP contribution in [0.15, 0.2) is 18.2 Å². The van der Waals surface area contributed by atoms with Crippen molar-refractivity contribution in [2.24, 2.45) is 17.3 Å². The number of methoxy groups -OCH3 is 1. The molecule has 0 radical (unpaired) electrons. The fourth-order valence-electron chi connectivity index (χ4n) is 6.79. The Morgan fingerprint density at radius 3 is 2.54 bits per heavy atom. The summed E-state index contributed by atoms with van der Waals surface area (Å²) < 4.78 is 28.6. The molecule has 1 amide bonds. The molecule has 4 fully saturated rings. The number of esters is 2. The fraction of sp³-hybridized carbons (Fsp3) is 0.700. The lowest BCUT2D eigenvalue weighted by Crippen LogP contribution is -2.65. The van der Waals surface area contributed by atoms with E-state index in [1.165, 1.54) is 18.9 Å². The van der Waals surface area contributed by atoms with E-state index in [1.54, 1.807) is 32.9 Å². The number of carbonyl (C=O) groups excluding carboxylic acids is 3. The minimum Gasteiger partial charge on any atom is -0.496 e. The number of hydrogen-bond donors (Lipinski definition) is 1. The number of ether oxygens (including phenoxy) is 3. The van der Waals surface area contributed by atoms with E-state index in [9.17, 15) is 14.4 Å². The van der Waals surface area contributed by atoms with E-state index in [2.05, 4.69) is 26.1 Å². The van der Waals surface area contributed by atoms with E-state index in [4.69, 9.17) is 23.5 Å². The van der Waals surface area contributed by atoms with Crippen LogP contribution >= 0.6 is 11.8 Å². The highest BCUT2D eigenvalue weighted by Crippen LogP contribution is 2.65. The van der Waals surface area contributed by atoms with Crippen LogP contribution in [0.1, 0.15) is 83.7 Å². The Morgan fingerprint density at radius 1 is 1.17 bits per heavy atom. The number of nitrogens with one attached hydrogen (secondary N) is 1. The number of benzene rings is 1. The van der Waals surface area contributed by atoms with E-state index in [0.717, 1.165) is 18.6 Å². The standard InChI is InChI=1S/C30H44BNO8S/c1-9-24(33)32-23(31-39-22-16-19-15-21(28(19,3)4)30(22,7)40-31)14-18-12-11-13-20(25(18)36-8)26(34)37-17-38-27(35)29(5,6)41-10-2/h11-13,19,21-23H,9-10,14-17H2,1-8H3,(H,32,33). The molecule has 41 heavy (non-hydrogen) atoms. The molecule has 9 nitrogen and oxygen atoms in total. The van der Waals surface area contributed by atoms with Crippen molar-refractivity contribution in [1.82, 2.24) is 5.32 Å². The van der Waals surface area contributed by atoms with Crippen molar-refractivity contribution in [2.75, 3.05) is 19.7 Å². The second kappa shape index (κ2) is 12.2. The van der Waals surface area contributed by atoms with Gasteiger partial charge in [-0.1, -0.05) is 39.8 Å². The average molecular weight is 590 g/mol. The summed E-state index contributed by atoms with van der Waals surface area (Å²) in [4.78, 5) is 37.9. The zero-order valence-corrected chi connectivity index (χ0v) is 26.4. The molecule has 5 unspecified atom stereocenters. The Balaban J connectivity index is 1.49. The van der Waals surface area contributed by atoms with Crippen LogP contribution in [0.2, 0.25) is 0 Å². The van der Waals surface area contributed by atoms with Gasteiger partial charge in [-0.25, -0.2) is 4.79 Å². The van der Waals surface area contributed by atoms with Gasteiger partial charge in [0.25, 0.3) is 0 Å². The molecule has 4 aliphatic rings. The van der Waals surface area contributed by atoms with Gasteiger partial charge in [0.1, 0.15) is 16.1 Å². The number of rotatable bonds is 12. The van der Waals surface area contributed by atoms with Crippen LogP contribution in [-0.2, 0) is 34.8 Å². The molecule has 11 heteroatoms. The van der Waals surface area contributed by atoms with Gasteiger partial charge in [0.2, 0.25) is 12.7 Å². The second-order valence-electron chi connectivity index (χ2n) is 12.5. The van der Waals surface area contributed by atoms with Gasteiger partial charge >= 0.3 is 19.1 Å². The van der Waals surface area contributed by atoms with Gasteiger partial charge in [0, 0.05) is 6.42 Å². The van der Waals surface area contributed by atoms with Crippen LogP contribution in [0, 0.1) is 17.3 Å². The second-order valence-corrected chi connectivity index (χ2v) is 14.4. The van der Waals surface area contributed by atoms with Crippen LogP contribution in [0.25, 0.3) is 0 Å². The van der Waals surface area contributed by atoms with Gasteiger partial charge in [0.05, 0.1) is 24.8 Å². The predicted molar refractivity (Wildman–Crippen MR) is 158 cm³/mol. The highest BCUT2D eigenvalue weighted by molar-refractivity contribution is 8.01. The third-order valence-corrected chi connectivity index (χ3v) is 10.5. The monoisotopic (exact) mass is 589 g/mol. The lowest BCUT2D eigenvalue weighted by Gasteiger charge is -2.64. The molecule has 5 rings (SSSR count). The summed E-state index contributed by atoms with van der Waals surface area (Å²) in [5, 5.41) is 3.08. The summed E-state index contributed by atoms with van der Waals surface area (Å²) >= 11 is 1.45. The quantitative estimate of drug-likeness (QED) is 0.213. The van der Waals surface area contributed by atoms with Crippen molar-refractivity contribution in [2.45, 2.75) is 96.5 Å². The zero-order chi connectivity index (χ0) is 30.2. The molecule has 0 aromatic heterocycles. The predicted octanol–water partition coefficient (Wildman–Crippen LogP) is 4.59. The number of para-hydroxylation sites is 1. The lowest BCUT2D eigenvalue weighted by molar-refractivity contribution is -0.199. The van der Waals surface area contributed by atoms with Gasteiger partial charge in [-0.15, -0.1) is 11.8 Å². The summed E-state index contributed by atoms with van der Waals surface area (Å²) in [6.07, 6.45) is 2.67. The SMILES string of the molecule is CCSC(C)(C)C(=O)OCOC(=O)c1cccc(CC(NC(=O)CC)B2OC3CC4CC(C4(C)C)C3(C)O2)c1OC. The van der Waals surface area contributed by atoms with Crippen molar-refractivity contribution in [3.63, 3.8) is 0 Å². The maximum atomic E-state index is 13.0. The smallest absolute Gasteiger partial charge is 0.482 e. The maximum Gasteiger partial charge on any atom is 0.482 e. The Bertz CT molecular complexity index is 1160. The minimum absolute atomic E-state index is 0.0306. The Labute approximate surface area is 248 Å². The average Bonchev–Trinajstić information content (AvgIpc) is 3.29. The molecule has 226 valence electrons. The number of thioether (sulfide) groups is 1. The summed E-state index contributed by atoms with van der Waals surface area (Å²) in [5.74, 6) is 0.318. The molecule has 3 aliphatic carbocycles. The summed E-state index contributed by atoms with van der Waals surface area (Å²) in [7, 11) is 0.840. The summed E-state index contributed by atoms with van der Waals surface area (Å²) in [5.41, 5.74) is 0.663. The minimum atomic E-state index is -0.744. The largest absolute Gasteiger partial charge is 0.496 e. The van der Waals surface area contributed by atoms with Crippen molar-refractivity contribution in [3.05, 3.63) is 29.3 Å². The van der Waals surface area contributed by atoms with E-state index >= 15 is 0 Å². The third-order valence-electron chi connectivity index (χ3n) is 9.30. The van der Waals surface area contributed by atoms with Gasteiger partial charge < -0.3 is 28.8 Å². The number of amides is 1. The molecule has 1 aromatic rings. The molecular weight excluding hydrogens is 545 g/mol. The molecular formula is C30H44BNO8S. The Hall–Kier alpha value is -2.24. The molecule has 0 spiro atoms. The number of carbonyl (C=O) groups is 3. The highest BCUT2D eigenvalue weighted by atomic mass is 32.2. The molecule has 1 aromatic carbocycles. The fourth-order valence-corrected chi connectivity index (χ4v) is 7.69. The van der Waals surface area contributed by atoms with Crippen molar-refractivity contribution >= 4 is 36.7 Å². The molecule has 3 saturated carbocycles. The zero-order valence-electron chi connectivity index (χ0n) is 25.5. The van der Waals surface area contributed by atoms with E-state index in [-0.39, 0.29) is 23.0 Å². The summed E-state index contributed by atoms with van der Waals surface area (Å²) in [6, 6.07) is 5.17. The first kappa shape index (κ1) is 31.7. The van der Waals surface area contributed by atoms with Gasteiger partial charge in [-0.3, -0.25) is 9.59 Å². The molecule has 5 atom stereocenters. The van der Waals surface area contributed by atoms with Gasteiger partial charge in [-0.05, 0) is 74.7 Å². The van der Waals surface area contributed by atoms with Crippen LogP contribution in [0.5, 0.6) is 5.75 Å². The Kier molecular flexibility index (Phi) is 9.41. The van der Waals surface area contributed by atoms with E-state index in [1.807, 2.05) is 13.0 Å². The molecule has 1 N–H and O–H groups in total. The normalized spacial score (nSPS) is 26.8. The summed E-state index contributed by atoms with van der Waals surface area (Å²) in [6.45, 7) is 13.5. The highest BCUT2D eigenvalue weighted by Gasteiger charge is 2.68. The lowest BCUT2D eigenvalue weighted by atomic mass is 9.43. The van der Waals surface area contributed by atoms with Crippen LogP contribution < -0.4 is 10.1 Å².